The van der Waals surface area contributed by atoms with Gasteiger partial charge in [0.15, 0.2) is 5.96 Å². The van der Waals surface area contributed by atoms with Crippen LogP contribution in [0.2, 0.25) is 0 Å². The number of carbonyl (C=O) groups excluding carboxylic acids is 6. The van der Waals surface area contributed by atoms with E-state index in [9.17, 15) is 53.4 Å². The molecule has 334 valence electrons. The summed E-state index contributed by atoms with van der Waals surface area (Å²) in [7, 11) is 0. The van der Waals surface area contributed by atoms with E-state index in [0.717, 1.165) is 6.92 Å². The van der Waals surface area contributed by atoms with Gasteiger partial charge < -0.3 is 64.4 Å². The molecule has 0 radical (unpaired) electrons. The van der Waals surface area contributed by atoms with Gasteiger partial charge in [-0.3, -0.25) is 43.3 Å². The van der Waals surface area contributed by atoms with Gasteiger partial charge in [-0.15, -0.1) is 0 Å². The second-order valence-corrected chi connectivity index (χ2v) is 14.5. The summed E-state index contributed by atoms with van der Waals surface area (Å²) in [6.45, 7) is 4.91. The molecule has 22 nitrogen and oxygen atoms in total. The van der Waals surface area contributed by atoms with Gasteiger partial charge in [0.1, 0.15) is 36.3 Å². The first-order valence-electron chi connectivity index (χ1n) is 19.5. The summed E-state index contributed by atoms with van der Waals surface area (Å²) in [6, 6.07) is -0.185. The molecule has 0 saturated carbocycles. The van der Waals surface area contributed by atoms with Gasteiger partial charge in [-0.2, -0.15) is 0 Å². The lowest BCUT2D eigenvalue weighted by molar-refractivity contribution is -0.143. The van der Waals surface area contributed by atoms with E-state index in [0.29, 0.717) is 18.4 Å². The summed E-state index contributed by atoms with van der Waals surface area (Å²) in [5.41, 5.74) is 17.1. The number of guanidine groups is 1. The van der Waals surface area contributed by atoms with E-state index in [1.54, 1.807) is 44.2 Å². The minimum absolute atomic E-state index is 0.0130. The van der Waals surface area contributed by atoms with Crippen LogP contribution in [0.4, 0.5) is 0 Å². The molecular formula is C38H60N10O12. The molecule has 0 aliphatic heterocycles. The predicted octanol–water partition coefficient (Wildman–Crippen LogP) is -2.19. The van der Waals surface area contributed by atoms with Gasteiger partial charge in [0.05, 0.1) is 6.42 Å². The third-order valence-corrected chi connectivity index (χ3v) is 8.75. The molecule has 0 bridgehead atoms. The Bertz CT molecular complexity index is 1660. The van der Waals surface area contributed by atoms with Crippen LogP contribution in [0.1, 0.15) is 84.1 Å². The molecule has 0 unspecified atom stereocenters. The van der Waals surface area contributed by atoms with Crippen molar-refractivity contribution in [2.75, 3.05) is 13.1 Å². The zero-order chi connectivity index (χ0) is 45.4. The number of nitrogens with zero attached hydrogens (tertiary/aromatic N) is 1. The summed E-state index contributed by atoms with van der Waals surface area (Å²) in [4.78, 5) is 119. The van der Waals surface area contributed by atoms with Gasteiger partial charge >= 0.3 is 17.9 Å². The van der Waals surface area contributed by atoms with Crippen LogP contribution < -0.4 is 49.1 Å². The van der Waals surface area contributed by atoms with Gasteiger partial charge in [-0.1, -0.05) is 44.2 Å². The van der Waals surface area contributed by atoms with Crippen molar-refractivity contribution in [1.82, 2.24) is 31.9 Å². The maximum Gasteiger partial charge on any atom is 0.326 e. The van der Waals surface area contributed by atoms with Crippen molar-refractivity contribution < 1.29 is 58.5 Å². The molecule has 0 aromatic heterocycles. The third-order valence-electron chi connectivity index (χ3n) is 8.75. The van der Waals surface area contributed by atoms with Crippen molar-refractivity contribution in [3.63, 3.8) is 0 Å². The number of rotatable bonds is 29. The van der Waals surface area contributed by atoms with E-state index in [-0.39, 0.29) is 57.1 Å². The van der Waals surface area contributed by atoms with Crippen LogP contribution in [0.5, 0.6) is 0 Å². The molecule has 1 aromatic carbocycles. The number of nitrogens with one attached hydrogen (secondary N) is 6. The lowest BCUT2D eigenvalue weighted by Gasteiger charge is -2.27. The molecule has 15 N–H and O–H groups in total. The summed E-state index contributed by atoms with van der Waals surface area (Å²) < 4.78 is 0. The Morgan fingerprint density at radius 3 is 1.58 bits per heavy atom. The molecule has 0 spiro atoms. The first-order valence-corrected chi connectivity index (χ1v) is 19.5. The standard InChI is InChI=1S/C38H60N10O12/c1-21(2)18-29(37(59)60)48-33(55)24(12-7-8-16-39)44-35(57)27(19-23-10-5-4-6-11-23)46-32(54)25(13-9-17-42-38(40)41)45-36(58)28(20-31(52)53)47-34(56)26(43-22(3)49)14-15-30(50)51/h4-6,10-11,21,24-29H,7-9,12-20,39H2,1-3H3,(H,43,49)(H,44,57)(H,45,58)(H,46,54)(H,47,56)(H,48,55)(H,50,51)(H,52,53)(H,59,60)(H4,40,41,42)/t24-,25-,26-,27-,28-,29-/m0/s1. The maximum absolute atomic E-state index is 14.1. The molecule has 0 fully saturated rings. The smallest absolute Gasteiger partial charge is 0.326 e. The molecule has 22 heteroatoms. The number of amides is 6. The van der Waals surface area contributed by atoms with E-state index in [1.807, 2.05) is 0 Å². The molecule has 60 heavy (non-hydrogen) atoms. The van der Waals surface area contributed by atoms with Crippen LogP contribution in [-0.2, 0) is 49.6 Å². The molecule has 6 amide bonds. The zero-order valence-electron chi connectivity index (χ0n) is 34.1. The molecule has 0 aliphatic carbocycles. The maximum atomic E-state index is 14.1. The summed E-state index contributed by atoms with van der Waals surface area (Å²) >= 11 is 0. The van der Waals surface area contributed by atoms with E-state index in [1.165, 1.54) is 0 Å². The molecule has 1 rings (SSSR count). The van der Waals surface area contributed by atoms with E-state index >= 15 is 0 Å². The monoisotopic (exact) mass is 848 g/mol. The quantitative estimate of drug-likeness (QED) is 0.0231. The number of benzene rings is 1. The number of carbonyl (C=O) groups is 9. The van der Waals surface area contributed by atoms with Crippen molar-refractivity contribution >= 4 is 59.3 Å². The lowest BCUT2D eigenvalue weighted by Crippen LogP contribution is -2.60. The Balaban J connectivity index is 3.54. The van der Waals surface area contributed by atoms with Crippen molar-refractivity contribution in [3.8, 4) is 0 Å². The fraction of sp³-hybridized carbons (Fsp3) is 0.579. The average molecular weight is 849 g/mol. The number of aliphatic imine (C=N–C) groups is 1. The number of carboxylic acid groups (broad SMARTS) is 3. The van der Waals surface area contributed by atoms with Crippen molar-refractivity contribution in [1.29, 1.82) is 0 Å². The Morgan fingerprint density at radius 2 is 1.10 bits per heavy atom. The van der Waals surface area contributed by atoms with E-state index in [2.05, 4.69) is 36.9 Å². The van der Waals surface area contributed by atoms with Crippen LogP contribution >= 0.6 is 0 Å². The highest BCUT2D eigenvalue weighted by Crippen LogP contribution is 2.11. The van der Waals surface area contributed by atoms with Gasteiger partial charge in [0, 0.05) is 26.3 Å². The fourth-order valence-corrected chi connectivity index (χ4v) is 5.81. The van der Waals surface area contributed by atoms with Crippen LogP contribution in [0, 0.1) is 5.92 Å². The van der Waals surface area contributed by atoms with Gasteiger partial charge in [0.25, 0.3) is 0 Å². The summed E-state index contributed by atoms with van der Waals surface area (Å²) in [5, 5.41) is 43.0. The molecule has 0 aliphatic rings. The Hall–Kier alpha value is -6.32. The molecule has 0 saturated heterocycles. The first kappa shape index (κ1) is 51.7. The van der Waals surface area contributed by atoms with Crippen molar-refractivity contribution in [2.45, 2.75) is 121 Å². The predicted molar refractivity (Wildman–Crippen MR) is 216 cm³/mol. The second-order valence-electron chi connectivity index (χ2n) is 14.5. The third kappa shape index (κ3) is 21.4. The number of carboxylic acids is 3. The fourth-order valence-electron chi connectivity index (χ4n) is 5.81. The second kappa shape index (κ2) is 27.4. The molecule has 0 heterocycles. The first-order chi connectivity index (χ1) is 28.2. The van der Waals surface area contributed by atoms with E-state index < -0.39 is 109 Å². The van der Waals surface area contributed by atoms with Gasteiger partial charge in [0.2, 0.25) is 35.4 Å². The van der Waals surface area contributed by atoms with Crippen LogP contribution in [0.25, 0.3) is 0 Å². The Labute approximate surface area is 347 Å². The number of hydrogen-bond acceptors (Lipinski definition) is 11. The van der Waals surface area contributed by atoms with Crippen molar-refractivity contribution in [3.05, 3.63) is 35.9 Å². The largest absolute Gasteiger partial charge is 0.481 e. The topological polar surface area (TPSA) is 377 Å². The molecule has 6 atom stereocenters. The van der Waals surface area contributed by atoms with Crippen LogP contribution in [0.3, 0.4) is 0 Å². The van der Waals surface area contributed by atoms with Crippen LogP contribution in [-0.4, -0.2) is 124 Å². The highest BCUT2D eigenvalue weighted by molar-refractivity contribution is 5.97. The average Bonchev–Trinajstić information content (AvgIpc) is 3.15. The minimum Gasteiger partial charge on any atom is -0.481 e. The zero-order valence-corrected chi connectivity index (χ0v) is 34.1. The van der Waals surface area contributed by atoms with Crippen LogP contribution in [0.15, 0.2) is 35.3 Å². The van der Waals surface area contributed by atoms with Gasteiger partial charge in [-0.05, 0) is 63.0 Å². The van der Waals surface area contributed by atoms with Gasteiger partial charge in [-0.25, -0.2) is 4.79 Å². The summed E-state index contributed by atoms with van der Waals surface area (Å²) in [6.07, 6.45) is -1.09. The Kier molecular flexibility index (Phi) is 23.6. The number of hydrogen-bond donors (Lipinski definition) is 12. The normalized spacial score (nSPS) is 13.8. The lowest BCUT2D eigenvalue weighted by atomic mass is 10.0. The number of unbranched alkanes of at least 4 members (excludes halogenated alkanes) is 1. The van der Waals surface area contributed by atoms with Crippen molar-refractivity contribution in [2.24, 2.45) is 28.1 Å². The molecular weight excluding hydrogens is 788 g/mol. The van der Waals surface area contributed by atoms with E-state index in [4.69, 9.17) is 22.3 Å². The highest BCUT2D eigenvalue weighted by Gasteiger charge is 2.34. The minimum atomic E-state index is -1.83. The summed E-state index contributed by atoms with van der Waals surface area (Å²) in [5.74, 6) is -9.88. The SMILES string of the molecule is CC(=O)N[C@@H](CCC(=O)O)C(=O)N[C@@H](CC(=O)O)C(=O)N[C@@H](CCCN=C(N)N)C(=O)N[C@@H](Cc1ccccc1)C(=O)N[C@@H](CCCCN)C(=O)N[C@@H](CC(C)C)C(=O)O. The number of nitrogens with two attached hydrogens (primary N) is 3. The highest BCUT2D eigenvalue weighted by atomic mass is 16.4. The Morgan fingerprint density at radius 1 is 0.617 bits per heavy atom. The molecule has 1 aromatic rings. The number of aliphatic carboxylic acids is 3.